The van der Waals surface area contributed by atoms with Crippen molar-refractivity contribution in [1.82, 2.24) is 25.6 Å². The zero-order chi connectivity index (χ0) is 39.9. The van der Waals surface area contributed by atoms with Crippen LogP contribution in [0.5, 0.6) is 0 Å². The second-order valence-electron chi connectivity index (χ2n) is 14.4. The SMILES string of the molecule is C[C@H](NC(=O)[C@H](CC(=O)[C@@H](N)Cc1cnc[nH]1)Cc1c[nH]c2ccccc12)C(=O)C[C@@H](Cc1ccccc1)C(=O)N[C@H](C)C(=O)C[C@@H](CCCCN)C(N)=O. The van der Waals surface area contributed by atoms with E-state index in [0.29, 0.717) is 31.5 Å². The van der Waals surface area contributed by atoms with E-state index in [4.69, 9.17) is 17.2 Å². The Kier molecular flexibility index (Phi) is 16.0. The number of carbonyl (C=O) groups is 6. The molecule has 0 unspecified atom stereocenters. The molecule has 3 amide bonds. The predicted octanol–water partition coefficient (Wildman–Crippen LogP) is 2.60. The standard InChI is InChI=1S/C41H54N8O6/c1-25(36(50)18-28(39(44)53)12-8-9-15-42)48-40(54)29(16-27-10-4-3-5-11-27)19-37(51)26(2)49-41(55)30(17-31-22-46-35-14-7-6-13-33(31)35)20-38(52)34(43)21-32-23-45-24-47-32/h3-7,10-11,13-14,22-26,28-30,34,46H,8-9,12,15-21,42-43H2,1-2H3,(H2,44,53)(H,45,47)(H,48,54)(H,49,55)/t25-,26+,28-,29-,30+,34+/m1/s1. The number of aromatic amines is 2. The summed E-state index contributed by atoms with van der Waals surface area (Å²) in [6.07, 6.45) is 6.80. The van der Waals surface area contributed by atoms with Crippen LogP contribution in [0.1, 0.15) is 69.2 Å². The fourth-order valence-corrected chi connectivity index (χ4v) is 6.66. The van der Waals surface area contributed by atoms with Crippen molar-refractivity contribution >= 4 is 46.0 Å². The average molecular weight is 755 g/mol. The number of nitrogens with one attached hydrogen (secondary N) is 4. The van der Waals surface area contributed by atoms with Gasteiger partial charge in [-0.2, -0.15) is 0 Å². The Balaban J connectivity index is 1.45. The van der Waals surface area contributed by atoms with Gasteiger partial charge in [-0.1, -0.05) is 55.0 Å². The molecule has 0 radical (unpaired) electrons. The minimum atomic E-state index is -0.998. The van der Waals surface area contributed by atoms with Crippen molar-refractivity contribution in [2.24, 2.45) is 35.0 Å². The molecule has 294 valence electrons. The average Bonchev–Trinajstić information content (AvgIpc) is 3.84. The van der Waals surface area contributed by atoms with Crippen LogP contribution in [0.25, 0.3) is 10.9 Å². The molecular weight excluding hydrogens is 701 g/mol. The number of hydrogen-bond donors (Lipinski definition) is 7. The third-order valence-corrected chi connectivity index (χ3v) is 10.1. The third-order valence-electron chi connectivity index (χ3n) is 10.1. The van der Waals surface area contributed by atoms with Gasteiger partial charge in [-0.05, 0) is 63.3 Å². The van der Waals surface area contributed by atoms with Gasteiger partial charge in [0.2, 0.25) is 17.7 Å². The summed E-state index contributed by atoms with van der Waals surface area (Å²) in [6.45, 7) is 3.55. The fraction of sp³-hybridized carbons (Fsp3) is 0.439. The van der Waals surface area contributed by atoms with Gasteiger partial charge in [-0.25, -0.2) is 4.98 Å². The van der Waals surface area contributed by atoms with Crippen molar-refractivity contribution in [3.63, 3.8) is 0 Å². The summed E-state index contributed by atoms with van der Waals surface area (Å²) in [7, 11) is 0. The van der Waals surface area contributed by atoms with Gasteiger partial charge in [-0.15, -0.1) is 0 Å². The summed E-state index contributed by atoms with van der Waals surface area (Å²) in [5.74, 6) is -5.04. The first-order chi connectivity index (χ1) is 26.4. The van der Waals surface area contributed by atoms with Gasteiger partial charge in [0.15, 0.2) is 17.3 Å². The lowest BCUT2D eigenvalue weighted by Gasteiger charge is -2.23. The summed E-state index contributed by atoms with van der Waals surface area (Å²) in [5, 5.41) is 6.46. The molecule has 0 aliphatic heterocycles. The molecule has 14 heteroatoms. The van der Waals surface area contributed by atoms with E-state index >= 15 is 0 Å². The molecule has 55 heavy (non-hydrogen) atoms. The number of fused-ring (bicyclic) bond motifs is 1. The number of primary amides is 1. The Hall–Kier alpha value is -5.47. The highest BCUT2D eigenvalue weighted by atomic mass is 16.2. The van der Waals surface area contributed by atoms with Gasteiger partial charge in [-0.3, -0.25) is 28.8 Å². The Morgan fingerprint density at radius 2 is 1.33 bits per heavy atom. The van der Waals surface area contributed by atoms with Crippen molar-refractivity contribution in [1.29, 1.82) is 0 Å². The maximum Gasteiger partial charge on any atom is 0.224 e. The lowest BCUT2D eigenvalue weighted by molar-refractivity contribution is -0.134. The number of para-hydroxylation sites is 1. The van der Waals surface area contributed by atoms with Crippen LogP contribution in [-0.4, -0.2) is 74.7 Å². The molecule has 6 atom stereocenters. The second kappa shape index (κ2) is 20.8. The van der Waals surface area contributed by atoms with Crippen molar-refractivity contribution in [2.75, 3.05) is 6.54 Å². The van der Waals surface area contributed by atoms with E-state index < -0.39 is 59.4 Å². The van der Waals surface area contributed by atoms with Gasteiger partial charge in [0.1, 0.15) is 0 Å². The van der Waals surface area contributed by atoms with Crippen molar-refractivity contribution in [3.8, 4) is 0 Å². The van der Waals surface area contributed by atoms with Crippen LogP contribution in [0.15, 0.2) is 73.3 Å². The number of rotatable bonds is 24. The molecule has 4 rings (SSSR count). The number of benzene rings is 2. The van der Waals surface area contributed by atoms with Crippen molar-refractivity contribution < 1.29 is 28.8 Å². The van der Waals surface area contributed by atoms with Gasteiger partial charge in [0.05, 0.1) is 24.5 Å². The van der Waals surface area contributed by atoms with Gasteiger partial charge in [0, 0.05) is 72.4 Å². The van der Waals surface area contributed by atoms with E-state index in [1.165, 1.54) is 6.33 Å². The smallest absolute Gasteiger partial charge is 0.224 e. The van der Waals surface area contributed by atoms with Crippen LogP contribution in [0.3, 0.4) is 0 Å². The number of nitrogens with zero attached hydrogens (tertiary/aromatic N) is 1. The van der Waals surface area contributed by atoms with Crippen LogP contribution >= 0.6 is 0 Å². The minimum Gasteiger partial charge on any atom is -0.369 e. The molecule has 14 nitrogen and oxygen atoms in total. The van der Waals surface area contributed by atoms with Crippen molar-refractivity contribution in [2.45, 2.75) is 89.8 Å². The number of ketones is 3. The summed E-state index contributed by atoms with van der Waals surface area (Å²) < 4.78 is 0. The number of carbonyl (C=O) groups excluding carboxylic acids is 6. The first kappa shape index (κ1) is 42.3. The maximum atomic E-state index is 13.9. The van der Waals surface area contributed by atoms with Crippen LogP contribution in [0.4, 0.5) is 0 Å². The first-order valence-electron chi connectivity index (χ1n) is 18.9. The normalized spacial score (nSPS) is 14.6. The zero-order valence-electron chi connectivity index (χ0n) is 31.6. The summed E-state index contributed by atoms with van der Waals surface area (Å²) >= 11 is 0. The molecule has 0 saturated heterocycles. The van der Waals surface area contributed by atoms with E-state index in [0.717, 1.165) is 22.0 Å². The number of H-pyrrole nitrogens is 2. The van der Waals surface area contributed by atoms with E-state index in [-0.39, 0.29) is 50.1 Å². The molecule has 2 aromatic heterocycles. The van der Waals surface area contributed by atoms with Crippen molar-refractivity contribution in [3.05, 3.63) is 90.1 Å². The molecule has 4 aromatic rings. The predicted molar refractivity (Wildman–Crippen MR) is 209 cm³/mol. The largest absolute Gasteiger partial charge is 0.369 e. The molecule has 0 fully saturated rings. The van der Waals surface area contributed by atoms with Crippen LogP contribution < -0.4 is 27.8 Å². The van der Waals surface area contributed by atoms with Crippen LogP contribution in [0, 0.1) is 17.8 Å². The second-order valence-corrected chi connectivity index (χ2v) is 14.4. The highest BCUT2D eigenvalue weighted by Gasteiger charge is 2.32. The minimum absolute atomic E-state index is 0.122. The topological polar surface area (TPSA) is 249 Å². The number of aromatic nitrogens is 3. The molecule has 2 heterocycles. The maximum absolute atomic E-state index is 13.9. The molecule has 10 N–H and O–H groups in total. The number of imidazole rings is 1. The number of amides is 3. The van der Waals surface area contributed by atoms with E-state index in [9.17, 15) is 28.8 Å². The zero-order valence-corrected chi connectivity index (χ0v) is 31.6. The molecular formula is C41H54N8O6. The number of unbranched alkanes of at least 4 members (excludes halogenated alkanes) is 1. The summed E-state index contributed by atoms with van der Waals surface area (Å²) in [5.41, 5.74) is 20.6. The lowest BCUT2D eigenvalue weighted by Crippen LogP contribution is -2.47. The molecule has 0 aliphatic rings. The Labute approximate surface area is 321 Å². The van der Waals surface area contributed by atoms with Gasteiger partial charge >= 0.3 is 0 Å². The van der Waals surface area contributed by atoms with E-state index in [1.54, 1.807) is 20.0 Å². The first-order valence-corrected chi connectivity index (χ1v) is 18.9. The molecule has 0 saturated carbocycles. The molecule has 2 aromatic carbocycles. The van der Waals surface area contributed by atoms with Gasteiger partial charge in [0.25, 0.3) is 0 Å². The molecule has 0 aliphatic carbocycles. The number of hydrogen-bond acceptors (Lipinski definition) is 9. The highest BCUT2D eigenvalue weighted by molar-refractivity contribution is 5.96. The Morgan fingerprint density at radius 3 is 1.95 bits per heavy atom. The number of nitrogens with two attached hydrogens (primary N) is 3. The highest BCUT2D eigenvalue weighted by Crippen LogP contribution is 2.24. The molecule has 0 bridgehead atoms. The van der Waals surface area contributed by atoms with E-state index in [2.05, 4.69) is 25.6 Å². The Bertz CT molecular complexity index is 1890. The van der Waals surface area contributed by atoms with Crippen LogP contribution in [-0.2, 0) is 48.0 Å². The molecule has 0 spiro atoms. The third kappa shape index (κ3) is 12.8. The Morgan fingerprint density at radius 1 is 0.727 bits per heavy atom. The monoisotopic (exact) mass is 754 g/mol. The summed E-state index contributed by atoms with van der Waals surface area (Å²) in [6, 6.07) is 14.0. The number of Topliss-reactive ketones (excluding diaryl/α,β-unsaturated/α-hetero) is 3. The lowest BCUT2D eigenvalue weighted by atomic mass is 9.89. The fourth-order valence-electron chi connectivity index (χ4n) is 6.66. The quantitative estimate of drug-likeness (QED) is 0.0519. The summed E-state index contributed by atoms with van der Waals surface area (Å²) in [4.78, 5) is 90.0. The van der Waals surface area contributed by atoms with Gasteiger partial charge < -0.3 is 37.8 Å². The van der Waals surface area contributed by atoms with E-state index in [1.807, 2.05) is 60.8 Å². The van der Waals surface area contributed by atoms with Crippen LogP contribution in [0.2, 0.25) is 0 Å².